The van der Waals surface area contributed by atoms with Gasteiger partial charge >= 0.3 is 11.8 Å². The maximum atomic E-state index is 12.3. The molecule has 0 heterocycles. The molecule has 0 bridgehead atoms. The number of aryl methyl sites for hydroxylation is 1. The van der Waals surface area contributed by atoms with E-state index < -0.39 is 11.8 Å². The number of rotatable bonds is 3. The molecule has 1 saturated carbocycles. The predicted molar refractivity (Wildman–Crippen MR) is 97.3 cm³/mol. The fourth-order valence-corrected chi connectivity index (χ4v) is 3.24. The van der Waals surface area contributed by atoms with E-state index in [0.717, 1.165) is 24.8 Å². The van der Waals surface area contributed by atoms with Gasteiger partial charge in [-0.1, -0.05) is 32.8 Å². The molecule has 0 saturated heterocycles. The Morgan fingerprint density at radius 3 is 2.48 bits per heavy atom. The fourth-order valence-electron chi connectivity index (χ4n) is 3.24. The molecule has 0 aliphatic heterocycles. The lowest BCUT2D eigenvalue weighted by molar-refractivity contribution is -0.137. The Morgan fingerprint density at radius 1 is 1.08 bits per heavy atom. The second-order valence-corrected chi connectivity index (χ2v) is 6.91. The Bertz CT molecular complexity index is 672. The van der Waals surface area contributed by atoms with Crippen LogP contribution in [0.3, 0.4) is 0 Å². The van der Waals surface area contributed by atoms with Gasteiger partial charge in [0.05, 0.1) is 0 Å². The number of hydrogen-bond donors (Lipinski definition) is 3. The lowest BCUT2D eigenvalue weighted by Crippen LogP contribution is -2.47. The van der Waals surface area contributed by atoms with Crippen molar-refractivity contribution in [3.05, 3.63) is 29.3 Å². The van der Waals surface area contributed by atoms with Crippen molar-refractivity contribution in [2.45, 2.75) is 46.1 Å². The lowest BCUT2D eigenvalue weighted by atomic mass is 9.78. The number of anilines is 1. The smallest absolute Gasteiger partial charge is 0.313 e. The normalized spacial score (nSPS) is 22.8. The van der Waals surface area contributed by atoms with Gasteiger partial charge in [0.1, 0.15) is 0 Å². The first-order valence-corrected chi connectivity index (χ1v) is 8.78. The first-order valence-electron chi connectivity index (χ1n) is 8.78. The van der Waals surface area contributed by atoms with E-state index in [0.29, 0.717) is 23.1 Å². The second-order valence-electron chi connectivity index (χ2n) is 6.91. The summed E-state index contributed by atoms with van der Waals surface area (Å²) in [6, 6.07) is 5.02. The zero-order chi connectivity index (χ0) is 18.6. The predicted octanol–water partition coefficient (Wildman–Crippen LogP) is 2.23. The van der Waals surface area contributed by atoms with Crippen molar-refractivity contribution in [3.8, 4) is 0 Å². The average Bonchev–Trinajstić information content (AvgIpc) is 2.60. The lowest BCUT2D eigenvalue weighted by Gasteiger charge is -2.34. The molecule has 0 radical (unpaired) electrons. The molecule has 1 aliphatic rings. The van der Waals surface area contributed by atoms with Gasteiger partial charge in [-0.15, -0.1) is 0 Å². The van der Waals surface area contributed by atoms with Crippen LogP contribution in [0.1, 0.15) is 49.0 Å². The van der Waals surface area contributed by atoms with Crippen LogP contribution in [0.4, 0.5) is 5.69 Å². The van der Waals surface area contributed by atoms with Crippen LogP contribution in [-0.2, 0) is 9.59 Å². The Morgan fingerprint density at radius 2 is 1.80 bits per heavy atom. The minimum absolute atomic E-state index is 0.0281. The summed E-state index contributed by atoms with van der Waals surface area (Å²) < 4.78 is 0. The molecule has 25 heavy (non-hydrogen) atoms. The molecule has 0 spiro atoms. The second kappa shape index (κ2) is 8.14. The fraction of sp³-hybridized carbons (Fsp3) is 0.526. The number of carbonyl (C=O) groups excluding carboxylic acids is 3. The van der Waals surface area contributed by atoms with E-state index in [4.69, 9.17) is 0 Å². The largest absolute Gasteiger partial charge is 0.355 e. The SMILES string of the molecule is CNC(=O)c1ccc(C)c(NC(=O)C(=O)N[C@@H]2CCC[C@@H](C)[C@H]2C)c1. The Hall–Kier alpha value is -2.37. The molecular weight excluding hydrogens is 318 g/mol. The topological polar surface area (TPSA) is 87.3 Å². The van der Waals surface area contributed by atoms with E-state index in [2.05, 4.69) is 29.8 Å². The van der Waals surface area contributed by atoms with Gasteiger partial charge in [-0.3, -0.25) is 14.4 Å². The van der Waals surface area contributed by atoms with Gasteiger partial charge < -0.3 is 16.0 Å². The Balaban J connectivity index is 2.03. The van der Waals surface area contributed by atoms with E-state index >= 15 is 0 Å². The van der Waals surface area contributed by atoms with Crippen LogP contribution in [-0.4, -0.2) is 30.8 Å². The first-order chi connectivity index (χ1) is 11.8. The van der Waals surface area contributed by atoms with E-state index in [1.54, 1.807) is 25.2 Å². The monoisotopic (exact) mass is 345 g/mol. The van der Waals surface area contributed by atoms with Crippen LogP contribution < -0.4 is 16.0 Å². The molecule has 1 aromatic rings. The van der Waals surface area contributed by atoms with Crippen molar-refractivity contribution in [1.82, 2.24) is 10.6 Å². The number of nitrogens with one attached hydrogen (secondary N) is 3. The van der Waals surface area contributed by atoms with Crippen LogP contribution in [0.5, 0.6) is 0 Å². The molecule has 3 amide bonds. The highest BCUT2D eigenvalue weighted by Crippen LogP contribution is 2.29. The molecular formula is C19H27N3O3. The minimum Gasteiger partial charge on any atom is -0.355 e. The minimum atomic E-state index is -0.706. The summed E-state index contributed by atoms with van der Waals surface area (Å²) in [5.41, 5.74) is 1.68. The van der Waals surface area contributed by atoms with E-state index in [1.807, 2.05) is 6.92 Å². The summed E-state index contributed by atoms with van der Waals surface area (Å²) in [4.78, 5) is 36.2. The van der Waals surface area contributed by atoms with Gasteiger partial charge in [-0.05, 0) is 42.9 Å². The molecule has 2 rings (SSSR count). The molecule has 3 N–H and O–H groups in total. The van der Waals surface area contributed by atoms with Crippen LogP contribution >= 0.6 is 0 Å². The third-order valence-corrected chi connectivity index (χ3v) is 5.20. The average molecular weight is 345 g/mol. The van der Waals surface area contributed by atoms with E-state index in [-0.39, 0.29) is 11.9 Å². The highest BCUT2D eigenvalue weighted by molar-refractivity contribution is 6.39. The Labute approximate surface area is 148 Å². The van der Waals surface area contributed by atoms with Crippen molar-refractivity contribution in [2.24, 2.45) is 11.8 Å². The van der Waals surface area contributed by atoms with Crippen LogP contribution in [0.25, 0.3) is 0 Å². The van der Waals surface area contributed by atoms with Crippen molar-refractivity contribution in [1.29, 1.82) is 0 Å². The van der Waals surface area contributed by atoms with Crippen molar-refractivity contribution in [2.75, 3.05) is 12.4 Å². The third kappa shape index (κ3) is 4.59. The van der Waals surface area contributed by atoms with Crippen LogP contribution in [0.15, 0.2) is 18.2 Å². The standard InChI is InChI=1S/C19H27N3O3/c1-11-6-5-7-15(13(11)3)21-18(24)19(25)22-16-10-14(17(23)20-4)9-8-12(16)2/h8-11,13,15H,5-7H2,1-4H3,(H,20,23)(H,21,24)(H,22,25)/t11-,13-,15-/m1/s1. The summed E-state index contributed by atoms with van der Waals surface area (Å²) in [5, 5.41) is 8.01. The van der Waals surface area contributed by atoms with Crippen molar-refractivity contribution < 1.29 is 14.4 Å². The third-order valence-electron chi connectivity index (χ3n) is 5.20. The van der Waals surface area contributed by atoms with Crippen molar-refractivity contribution >= 4 is 23.4 Å². The maximum absolute atomic E-state index is 12.3. The van der Waals surface area contributed by atoms with Gasteiger partial charge in [0, 0.05) is 24.3 Å². The number of carbonyl (C=O) groups is 3. The highest BCUT2D eigenvalue weighted by Gasteiger charge is 2.29. The van der Waals surface area contributed by atoms with E-state index in [1.165, 1.54) is 0 Å². The van der Waals surface area contributed by atoms with Gasteiger partial charge in [0.15, 0.2) is 0 Å². The molecule has 1 aliphatic carbocycles. The zero-order valence-electron chi connectivity index (χ0n) is 15.3. The van der Waals surface area contributed by atoms with Gasteiger partial charge in [0.2, 0.25) is 0 Å². The summed E-state index contributed by atoms with van der Waals surface area (Å²) in [5.74, 6) is -0.694. The molecule has 1 fully saturated rings. The quantitative estimate of drug-likeness (QED) is 0.734. The van der Waals surface area contributed by atoms with Gasteiger partial charge in [0.25, 0.3) is 5.91 Å². The number of benzene rings is 1. The summed E-state index contributed by atoms with van der Waals surface area (Å²) in [7, 11) is 1.54. The highest BCUT2D eigenvalue weighted by atomic mass is 16.2. The number of amides is 3. The summed E-state index contributed by atoms with van der Waals surface area (Å²) in [6.45, 7) is 6.10. The van der Waals surface area contributed by atoms with Gasteiger partial charge in [-0.2, -0.15) is 0 Å². The van der Waals surface area contributed by atoms with Gasteiger partial charge in [-0.25, -0.2) is 0 Å². The zero-order valence-corrected chi connectivity index (χ0v) is 15.3. The molecule has 6 heteroatoms. The summed E-state index contributed by atoms with van der Waals surface area (Å²) in [6.07, 6.45) is 3.12. The maximum Gasteiger partial charge on any atom is 0.313 e. The molecule has 3 atom stereocenters. The first kappa shape index (κ1) is 19.0. The Kier molecular flexibility index (Phi) is 6.17. The van der Waals surface area contributed by atoms with E-state index in [9.17, 15) is 14.4 Å². The molecule has 1 aromatic carbocycles. The van der Waals surface area contributed by atoms with Crippen LogP contribution in [0, 0.1) is 18.8 Å². The number of hydrogen-bond acceptors (Lipinski definition) is 3. The molecule has 0 unspecified atom stereocenters. The van der Waals surface area contributed by atoms with Crippen molar-refractivity contribution in [3.63, 3.8) is 0 Å². The van der Waals surface area contributed by atoms with Crippen LogP contribution in [0.2, 0.25) is 0 Å². The molecule has 0 aromatic heterocycles. The molecule has 136 valence electrons. The summed E-state index contributed by atoms with van der Waals surface area (Å²) >= 11 is 0. The molecule has 6 nitrogen and oxygen atoms in total.